The van der Waals surface area contributed by atoms with Crippen LogP contribution in [0.1, 0.15) is 38.3 Å². The van der Waals surface area contributed by atoms with E-state index in [1.807, 2.05) is 28.9 Å². The quantitative estimate of drug-likeness (QED) is 0.792. The van der Waals surface area contributed by atoms with Crippen molar-refractivity contribution in [3.63, 3.8) is 0 Å². The van der Waals surface area contributed by atoms with Gasteiger partial charge in [-0.15, -0.1) is 5.10 Å². The first-order valence-electron chi connectivity index (χ1n) is 7.06. The number of aliphatic hydroxyl groups is 1. The topological polar surface area (TPSA) is 50.9 Å². The van der Waals surface area contributed by atoms with Gasteiger partial charge in [0.25, 0.3) is 0 Å². The Labute approximate surface area is 124 Å². The van der Waals surface area contributed by atoms with Gasteiger partial charge in [0.05, 0.1) is 17.3 Å². The average Bonchev–Trinajstić information content (AvgIpc) is 2.87. The molecule has 0 fully saturated rings. The molecule has 0 aliphatic heterocycles. The molecule has 2 aromatic rings. The third-order valence-corrected chi connectivity index (χ3v) is 3.64. The monoisotopic (exact) mass is 293 g/mol. The summed E-state index contributed by atoms with van der Waals surface area (Å²) in [5.41, 5.74) is 2.28. The second kappa shape index (κ2) is 7.41. The predicted molar refractivity (Wildman–Crippen MR) is 80.5 cm³/mol. The van der Waals surface area contributed by atoms with E-state index in [1.54, 1.807) is 0 Å². The van der Waals surface area contributed by atoms with Gasteiger partial charge in [-0.3, -0.25) is 0 Å². The first-order chi connectivity index (χ1) is 9.77. The van der Waals surface area contributed by atoms with Crippen LogP contribution in [0.4, 0.5) is 0 Å². The highest BCUT2D eigenvalue weighted by atomic mass is 35.5. The van der Waals surface area contributed by atoms with Crippen molar-refractivity contribution in [3.05, 3.63) is 35.0 Å². The Kier molecular flexibility index (Phi) is 5.56. The Morgan fingerprint density at radius 1 is 1.20 bits per heavy atom. The van der Waals surface area contributed by atoms with Crippen molar-refractivity contribution in [2.45, 2.75) is 45.8 Å². The van der Waals surface area contributed by atoms with E-state index in [9.17, 15) is 5.11 Å². The fourth-order valence-electron chi connectivity index (χ4n) is 2.25. The molecule has 4 nitrogen and oxygen atoms in total. The molecule has 0 aliphatic carbocycles. The van der Waals surface area contributed by atoms with Crippen LogP contribution in [-0.4, -0.2) is 20.1 Å². The van der Waals surface area contributed by atoms with Crippen molar-refractivity contribution < 1.29 is 5.11 Å². The van der Waals surface area contributed by atoms with Crippen LogP contribution in [0.2, 0.25) is 5.02 Å². The molecule has 1 N–H and O–H groups in total. The van der Waals surface area contributed by atoms with E-state index < -0.39 is 0 Å². The van der Waals surface area contributed by atoms with E-state index >= 15 is 0 Å². The maximum atomic E-state index is 9.43. The van der Waals surface area contributed by atoms with Gasteiger partial charge in [-0.25, -0.2) is 4.68 Å². The number of halogens is 1. The lowest BCUT2D eigenvalue weighted by Crippen LogP contribution is -2.03. The zero-order valence-electron chi connectivity index (χ0n) is 11.7. The molecular formula is C15H20ClN3O. The summed E-state index contributed by atoms with van der Waals surface area (Å²) in [5.74, 6) is 0. The van der Waals surface area contributed by atoms with Crippen LogP contribution in [0.25, 0.3) is 11.3 Å². The number of rotatable bonds is 7. The maximum absolute atomic E-state index is 9.43. The molecule has 1 aromatic heterocycles. The van der Waals surface area contributed by atoms with E-state index in [4.69, 9.17) is 11.6 Å². The van der Waals surface area contributed by atoms with E-state index in [-0.39, 0.29) is 6.61 Å². The lowest BCUT2D eigenvalue weighted by molar-refractivity contribution is 0.277. The van der Waals surface area contributed by atoms with Gasteiger partial charge < -0.3 is 5.11 Å². The predicted octanol–water partition coefficient (Wildman–Crippen LogP) is 3.67. The standard InChI is InChI=1S/C15H20ClN3O/c1-2-3-4-7-10-19-15(14(11-20)17-18-19)12-8-5-6-9-13(12)16/h5-6,8-9,20H,2-4,7,10-11H2,1H3. The average molecular weight is 294 g/mol. The van der Waals surface area contributed by atoms with Crippen LogP contribution in [0.5, 0.6) is 0 Å². The molecule has 0 aliphatic rings. The van der Waals surface area contributed by atoms with Crippen molar-refractivity contribution in [2.75, 3.05) is 0 Å². The van der Waals surface area contributed by atoms with Gasteiger partial charge >= 0.3 is 0 Å². The molecule has 1 aromatic carbocycles. The summed E-state index contributed by atoms with van der Waals surface area (Å²) in [6.45, 7) is 2.86. The molecule has 1 heterocycles. The molecule has 0 amide bonds. The highest BCUT2D eigenvalue weighted by Gasteiger charge is 2.16. The normalized spacial score (nSPS) is 10.9. The van der Waals surface area contributed by atoms with E-state index in [0.29, 0.717) is 10.7 Å². The molecule has 0 bridgehead atoms. The summed E-state index contributed by atoms with van der Waals surface area (Å²) in [6.07, 6.45) is 4.66. The third-order valence-electron chi connectivity index (χ3n) is 3.31. The molecule has 0 radical (unpaired) electrons. The number of nitrogens with zero attached hydrogens (tertiary/aromatic N) is 3. The minimum Gasteiger partial charge on any atom is -0.390 e. The van der Waals surface area contributed by atoms with Crippen LogP contribution in [0, 0.1) is 0 Å². The molecule has 0 saturated heterocycles. The van der Waals surface area contributed by atoms with Gasteiger partial charge in [0.2, 0.25) is 0 Å². The SMILES string of the molecule is CCCCCCn1nnc(CO)c1-c1ccccc1Cl. The fourth-order valence-corrected chi connectivity index (χ4v) is 2.47. The largest absolute Gasteiger partial charge is 0.390 e. The molecule has 0 atom stereocenters. The number of hydrogen-bond donors (Lipinski definition) is 1. The van der Waals surface area contributed by atoms with Crippen molar-refractivity contribution in [1.82, 2.24) is 15.0 Å². The number of aliphatic hydroxyl groups excluding tert-OH is 1. The lowest BCUT2D eigenvalue weighted by Gasteiger charge is -2.09. The summed E-state index contributed by atoms with van der Waals surface area (Å²) < 4.78 is 1.85. The molecule has 0 saturated carbocycles. The van der Waals surface area contributed by atoms with Crippen LogP contribution in [0.3, 0.4) is 0 Å². The summed E-state index contributed by atoms with van der Waals surface area (Å²) in [7, 11) is 0. The molecular weight excluding hydrogens is 274 g/mol. The van der Waals surface area contributed by atoms with Gasteiger partial charge in [0.1, 0.15) is 5.69 Å². The summed E-state index contributed by atoms with van der Waals surface area (Å²) >= 11 is 6.25. The Morgan fingerprint density at radius 3 is 2.70 bits per heavy atom. The van der Waals surface area contributed by atoms with Crippen molar-refractivity contribution in [1.29, 1.82) is 0 Å². The smallest absolute Gasteiger partial charge is 0.116 e. The van der Waals surface area contributed by atoms with Crippen LogP contribution < -0.4 is 0 Å². The molecule has 20 heavy (non-hydrogen) atoms. The summed E-state index contributed by atoms with van der Waals surface area (Å²) in [6, 6.07) is 7.59. The van der Waals surface area contributed by atoms with Crippen LogP contribution >= 0.6 is 11.6 Å². The molecule has 5 heteroatoms. The van der Waals surface area contributed by atoms with E-state index in [1.165, 1.54) is 19.3 Å². The highest BCUT2D eigenvalue weighted by Crippen LogP contribution is 2.29. The van der Waals surface area contributed by atoms with Gasteiger partial charge in [0.15, 0.2) is 0 Å². The Bertz CT molecular complexity index is 554. The Hall–Kier alpha value is -1.39. The molecule has 0 spiro atoms. The lowest BCUT2D eigenvalue weighted by atomic mass is 10.1. The van der Waals surface area contributed by atoms with Gasteiger partial charge in [0, 0.05) is 12.1 Å². The minimum atomic E-state index is -0.129. The number of aromatic nitrogens is 3. The van der Waals surface area contributed by atoms with Crippen molar-refractivity contribution in [2.24, 2.45) is 0 Å². The van der Waals surface area contributed by atoms with E-state index in [2.05, 4.69) is 17.2 Å². The van der Waals surface area contributed by atoms with E-state index in [0.717, 1.165) is 24.2 Å². The second-order valence-electron chi connectivity index (χ2n) is 4.81. The first-order valence-corrected chi connectivity index (χ1v) is 7.43. The maximum Gasteiger partial charge on any atom is 0.116 e. The highest BCUT2D eigenvalue weighted by molar-refractivity contribution is 6.33. The second-order valence-corrected chi connectivity index (χ2v) is 5.21. The molecule has 0 unspecified atom stereocenters. The zero-order valence-corrected chi connectivity index (χ0v) is 12.5. The number of hydrogen-bond acceptors (Lipinski definition) is 3. The minimum absolute atomic E-state index is 0.129. The first kappa shape index (κ1) is 15.0. The van der Waals surface area contributed by atoms with Crippen molar-refractivity contribution >= 4 is 11.6 Å². The third kappa shape index (κ3) is 3.38. The molecule has 2 rings (SSSR count). The fraction of sp³-hybridized carbons (Fsp3) is 0.467. The van der Waals surface area contributed by atoms with Gasteiger partial charge in [-0.05, 0) is 12.5 Å². The summed E-state index contributed by atoms with van der Waals surface area (Å²) in [5, 5.41) is 18.3. The molecule has 108 valence electrons. The zero-order chi connectivity index (χ0) is 14.4. The summed E-state index contributed by atoms with van der Waals surface area (Å²) in [4.78, 5) is 0. The Balaban J connectivity index is 2.26. The number of aryl methyl sites for hydroxylation is 1. The Morgan fingerprint density at radius 2 is 2.00 bits per heavy atom. The number of benzene rings is 1. The van der Waals surface area contributed by atoms with Gasteiger partial charge in [-0.2, -0.15) is 0 Å². The van der Waals surface area contributed by atoms with Crippen LogP contribution in [-0.2, 0) is 13.2 Å². The van der Waals surface area contributed by atoms with Crippen molar-refractivity contribution in [3.8, 4) is 11.3 Å². The van der Waals surface area contributed by atoms with Gasteiger partial charge in [-0.1, -0.05) is 61.2 Å². The van der Waals surface area contributed by atoms with Crippen LogP contribution in [0.15, 0.2) is 24.3 Å². The number of unbranched alkanes of at least 4 members (excludes halogenated alkanes) is 3.